The van der Waals surface area contributed by atoms with E-state index in [-0.39, 0.29) is 12.5 Å². The first-order valence-corrected chi connectivity index (χ1v) is 7.32. The van der Waals surface area contributed by atoms with Gasteiger partial charge in [0.2, 0.25) is 5.95 Å². The Kier molecular flexibility index (Phi) is 4.43. The lowest BCUT2D eigenvalue weighted by Crippen LogP contribution is -2.44. The van der Waals surface area contributed by atoms with Crippen LogP contribution in [0.25, 0.3) is 0 Å². The maximum atomic E-state index is 9.68. The summed E-state index contributed by atoms with van der Waals surface area (Å²) in [6.45, 7) is 3.85. The zero-order chi connectivity index (χ0) is 14.5. The summed E-state index contributed by atoms with van der Waals surface area (Å²) < 4.78 is 0. The van der Waals surface area contributed by atoms with Crippen LogP contribution in [-0.2, 0) is 0 Å². The number of hydrogen-bond donors (Lipinski definition) is 2. The quantitative estimate of drug-likeness (QED) is 0.877. The highest BCUT2D eigenvalue weighted by atomic mass is 16.3. The highest BCUT2D eigenvalue weighted by Gasteiger charge is 2.16. The minimum Gasteiger partial charge on any atom is -0.395 e. The van der Waals surface area contributed by atoms with Crippen LogP contribution in [0.3, 0.4) is 0 Å². The minimum absolute atomic E-state index is 0.0559. The monoisotopic (exact) mass is 284 g/mol. The second-order valence-corrected chi connectivity index (χ2v) is 5.20. The predicted molar refractivity (Wildman–Crippen MR) is 82.5 cm³/mol. The number of anilines is 1. The van der Waals surface area contributed by atoms with Crippen LogP contribution in [0.4, 0.5) is 5.95 Å². The van der Waals surface area contributed by atoms with Crippen LogP contribution < -0.4 is 10.2 Å². The van der Waals surface area contributed by atoms with Crippen LogP contribution in [0.15, 0.2) is 42.7 Å². The van der Waals surface area contributed by atoms with Crippen LogP contribution in [0.2, 0.25) is 0 Å². The molecule has 0 amide bonds. The zero-order valence-corrected chi connectivity index (χ0v) is 11.9. The van der Waals surface area contributed by atoms with E-state index in [4.69, 9.17) is 0 Å². The van der Waals surface area contributed by atoms with Gasteiger partial charge in [-0.3, -0.25) is 0 Å². The largest absolute Gasteiger partial charge is 0.395 e. The minimum atomic E-state index is -0.0664. The molecule has 5 heteroatoms. The molecule has 1 aliphatic rings. The molecule has 1 aromatic carbocycles. The summed E-state index contributed by atoms with van der Waals surface area (Å²) in [6, 6.07) is 9.97. The van der Waals surface area contributed by atoms with Crippen molar-refractivity contribution in [2.24, 2.45) is 0 Å². The van der Waals surface area contributed by atoms with Gasteiger partial charge >= 0.3 is 0 Å². The van der Waals surface area contributed by atoms with Gasteiger partial charge in [-0.25, -0.2) is 9.97 Å². The van der Waals surface area contributed by atoms with E-state index in [1.807, 2.05) is 42.7 Å². The summed E-state index contributed by atoms with van der Waals surface area (Å²) in [4.78, 5) is 11.1. The molecule has 0 radical (unpaired) electrons. The van der Waals surface area contributed by atoms with Crippen LogP contribution in [0.5, 0.6) is 0 Å². The Morgan fingerprint density at radius 1 is 1.05 bits per heavy atom. The van der Waals surface area contributed by atoms with E-state index in [1.54, 1.807) is 0 Å². The van der Waals surface area contributed by atoms with E-state index < -0.39 is 0 Å². The highest BCUT2D eigenvalue weighted by molar-refractivity contribution is 5.35. The number of benzene rings is 1. The Hall–Kier alpha value is -1.98. The molecule has 2 aromatic rings. The first-order valence-electron chi connectivity index (χ1n) is 7.32. The summed E-state index contributed by atoms with van der Waals surface area (Å²) in [6.07, 6.45) is 3.66. The second kappa shape index (κ2) is 6.65. The summed E-state index contributed by atoms with van der Waals surface area (Å²) in [5.41, 5.74) is 2.03. The van der Waals surface area contributed by atoms with Gasteiger partial charge in [0.15, 0.2) is 0 Å². The summed E-state index contributed by atoms with van der Waals surface area (Å²) >= 11 is 0. The van der Waals surface area contributed by atoms with Crippen molar-refractivity contribution in [3.05, 3.63) is 53.9 Å². The molecule has 2 N–H and O–H groups in total. The number of rotatable bonds is 4. The molecule has 0 spiro atoms. The number of aromatic nitrogens is 2. The van der Waals surface area contributed by atoms with E-state index in [0.717, 1.165) is 43.3 Å². The van der Waals surface area contributed by atoms with E-state index in [0.29, 0.717) is 0 Å². The van der Waals surface area contributed by atoms with Crippen molar-refractivity contribution >= 4 is 5.95 Å². The number of hydrogen-bond acceptors (Lipinski definition) is 5. The average Bonchev–Trinajstić information content (AvgIpc) is 2.58. The van der Waals surface area contributed by atoms with Crippen molar-refractivity contribution in [3.63, 3.8) is 0 Å². The molecule has 5 nitrogen and oxygen atoms in total. The Morgan fingerprint density at radius 3 is 2.33 bits per heavy atom. The van der Waals surface area contributed by atoms with Crippen LogP contribution in [0, 0.1) is 0 Å². The zero-order valence-electron chi connectivity index (χ0n) is 11.9. The van der Waals surface area contributed by atoms with Gasteiger partial charge in [0.25, 0.3) is 0 Å². The van der Waals surface area contributed by atoms with Gasteiger partial charge in [-0.15, -0.1) is 0 Å². The standard InChI is InChI=1S/C16H20N4O/c21-12-15(13-4-2-1-3-5-13)14-10-18-16(19-11-14)20-8-6-17-7-9-20/h1-5,10-11,15,17,21H,6-9,12H2/t15-/m1/s1. The Morgan fingerprint density at radius 2 is 1.71 bits per heavy atom. The Bertz CT molecular complexity index is 552. The van der Waals surface area contributed by atoms with Crippen LogP contribution >= 0.6 is 0 Å². The fourth-order valence-electron chi connectivity index (χ4n) is 2.63. The molecule has 1 aromatic heterocycles. The lowest BCUT2D eigenvalue weighted by molar-refractivity contribution is 0.280. The number of aliphatic hydroxyl groups is 1. The van der Waals surface area contributed by atoms with Crippen LogP contribution in [-0.4, -0.2) is 47.9 Å². The first kappa shape index (κ1) is 14.0. The maximum Gasteiger partial charge on any atom is 0.225 e. The van der Waals surface area contributed by atoms with Crippen molar-refractivity contribution in [1.29, 1.82) is 0 Å². The van der Waals surface area contributed by atoms with Gasteiger partial charge in [-0.1, -0.05) is 30.3 Å². The van der Waals surface area contributed by atoms with Crippen molar-refractivity contribution in [2.75, 3.05) is 37.7 Å². The van der Waals surface area contributed by atoms with E-state index in [9.17, 15) is 5.11 Å². The van der Waals surface area contributed by atoms with Crippen molar-refractivity contribution < 1.29 is 5.11 Å². The molecule has 1 fully saturated rings. The van der Waals surface area contributed by atoms with E-state index in [1.165, 1.54) is 0 Å². The third kappa shape index (κ3) is 3.20. The van der Waals surface area contributed by atoms with Gasteiger partial charge in [-0.2, -0.15) is 0 Å². The average molecular weight is 284 g/mol. The third-order valence-corrected chi connectivity index (χ3v) is 3.84. The lowest BCUT2D eigenvalue weighted by atomic mass is 9.94. The fraction of sp³-hybridized carbons (Fsp3) is 0.375. The smallest absolute Gasteiger partial charge is 0.225 e. The molecule has 0 aliphatic carbocycles. The Labute approximate surface area is 124 Å². The molecular formula is C16H20N4O. The second-order valence-electron chi connectivity index (χ2n) is 5.20. The van der Waals surface area contributed by atoms with Gasteiger partial charge < -0.3 is 15.3 Å². The molecule has 1 atom stereocenters. The van der Waals surface area contributed by atoms with Gasteiger partial charge in [0.05, 0.1) is 6.61 Å². The first-order chi connectivity index (χ1) is 10.4. The van der Waals surface area contributed by atoms with Crippen molar-refractivity contribution in [1.82, 2.24) is 15.3 Å². The molecule has 1 saturated heterocycles. The molecule has 110 valence electrons. The SMILES string of the molecule is OC[C@H](c1ccccc1)c1cnc(N2CCNCC2)nc1. The maximum absolute atomic E-state index is 9.68. The number of nitrogens with one attached hydrogen (secondary N) is 1. The van der Waals surface area contributed by atoms with Crippen molar-refractivity contribution in [2.45, 2.75) is 5.92 Å². The van der Waals surface area contributed by atoms with Gasteiger partial charge in [0, 0.05) is 44.5 Å². The fourth-order valence-corrected chi connectivity index (χ4v) is 2.63. The normalized spacial score (nSPS) is 16.7. The van der Waals surface area contributed by atoms with Crippen molar-refractivity contribution in [3.8, 4) is 0 Å². The third-order valence-electron chi connectivity index (χ3n) is 3.84. The molecule has 0 unspecified atom stereocenters. The summed E-state index contributed by atoms with van der Waals surface area (Å²) in [7, 11) is 0. The molecule has 2 heterocycles. The molecule has 0 saturated carbocycles. The van der Waals surface area contributed by atoms with Crippen LogP contribution in [0.1, 0.15) is 17.0 Å². The molecule has 0 bridgehead atoms. The summed E-state index contributed by atoms with van der Waals surface area (Å²) in [5, 5.41) is 13.0. The topological polar surface area (TPSA) is 61.3 Å². The van der Waals surface area contributed by atoms with E-state index >= 15 is 0 Å². The molecular weight excluding hydrogens is 264 g/mol. The number of piperazine rings is 1. The lowest BCUT2D eigenvalue weighted by Gasteiger charge is -2.27. The molecule has 21 heavy (non-hydrogen) atoms. The molecule has 1 aliphatic heterocycles. The predicted octanol–water partition coefficient (Wildman–Crippen LogP) is 1.01. The summed E-state index contributed by atoms with van der Waals surface area (Å²) in [5.74, 6) is 0.702. The molecule has 3 rings (SSSR count). The highest BCUT2D eigenvalue weighted by Crippen LogP contribution is 2.23. The van der Waals surface area contributed by atoms with E-state index in [2.05, 4.69) is 20.2 Å². The van der Waals surface area contributed by atoms with Gasteiger partial charge in [-0.05, 0) is 11.1 Å². The number of nitrogens with zero attached hydrogens (tertiary/aromatic N) is 3. The number of aliphatic hydroxyl groups excluding tert-OH is 1. The van der Waals surface area contributed by atoms with Gasteiger partial charge in [0.1, 0.15) is 0 Å². The Balaban J connectivity index is 1.79.